The van der Waals surface area contributed by atoms with Crippen molar-refractivity contribution in [2.45, 2.75) is 26.3 Å². The van der Waals surface area contributed by atoms with E-state index in [0.29, 0.717) is 35.4 Å². The van der Waals surface area contributed by atoms with E-state index < -0.39 is 0 Å². The van der Waals surface area contributed by atoms with Crippen LogP contribution >= 0.6 is 0 Å². The summed E-state index contributed by atoms with van der Waals surface area (Å²) >= 11 is 0. The summed E-state index contributed by atoms with van der Waals surface area (Å²) < 4.78 is 1.58. The second kappa shape index (κ2) is 10.9. The van der Waals surface area contributed by atoms with Crippen LogP contribution in [0, 0.1) is 0 Å². The van der Waals surface area contributed by atoms with Crippen LogP contribution in [0.15, 0.2) is 52.0 Å². The summed E-state index contributed by atoms with van der Waals surface area (Å²) in [5.74, 6) is 4.95. The topological polar surface area (TPSA) is 110 Å². The van der Waals surface area contributed by atoms with Crippen LogP contribution in [0.5, 0.6) is 0 Å². The van der Waals surface area contributed by atoms with Gasteiger partial charge in [0.25, 0.3) is 11.5 Å². The highest BCUT2D eigenvalue weighted by Gasteiger charge is 2.08. The van der Waals surface area contributed by atoms with Crippen LogP contribution in [-0.2, 0) is 13.0 Å². The maximum atomic E-state index is 13.1. The van der Waals surface area contributed by atoms with E-state index in [4.69, 9.17) is 5.84 Å². The van der Waals surface area contributed by atoms with Crippen LogP contribution in [0.3, 0.4) is 0 Å². The lowest BCUT2D eigenvalue weighted by Gasteiger charge is -2.11. The van der Waals surface area contributed by atoms with Crippen LogP contribution in [0.25, 0.3) is 12.7 Å². The molecule has 7 nitrogen and oxygen atoms in total. The number of nitrogens with one attached hydrogen (secondary N) is 1. The Balaban J connectivity index is 2.56. The molecule has 7 heteroatoms. The Hall–Kier alpha value is -3.45. The Bertz CT molecular complexity index is 1130. The van der Waals surface area contributed by atoms with Crippen molar-refractivity contribution in [1.29, 1.82) is 0 Å². The van der Waals surface area contributed by atoms with Crippen molar-refractivity contribution in [1.82, 2.24) is 9.88 Å². The van der Waals surface area contributed by atoms with Gasteiger partial charge in [-0.1, -0.05) is 30.4 Å². The average molecular weight is 409 g/mol. The molecule has 158 valence electrons. The number of benzene rings is 1. The van der Waals surface area contributed by atoms with E-state index in [0.717, 1.165) is 16.7 Å². The molecular weight excluding hydrogens is 380 g/mol. The van der Waals surface area contributed by atoms with Gasteiger partial charge in [-0.2, -0.15) is 5.10 Å². The van der Waals surface area contributed by atoms with E-state index in [1.54, 1.807) is 48.3 Å². The van der Waals surface area contributed by atoms with Gasteiger partial charge in [-0.25, -0.2) is 0 Å². The fourth-order valence-electron chi connectivity index (χ4n) is 3.05. The molecular formula is C23H28N4O3. The molecule has 2 aromatic rings. The number of amides is 1. The highest BCUT2D eigenvalue weighted by Crippen LogP contribution is 2.07. The molecule has 0 fully saturated rings. The summed E-state index contributed by atoms with van der Waals surface area (Å²) in [6.45, 7) is 6.22. The van der Waals surface area contributed by atoms with Gasteiger partial charge in [0.05, 0.1) is 6.54 Å². The van der Waals surface area contributed by atoms with Gasteiger partial charge in [0, 0.05) is 43.3 Å². The maximum absolute atomic E-state index is 13.1. The number of aromatic nitrogens is 1. The van der Waals surface area contributed by atoms with E-state index in [1.165, 1.54) is 0 Å². The van der Waals surface area contributed by atoms with Gasteiger partial charge in [-0.15, -0.1) is 0 Å². The summed E-state index contributed by atoms with van der Waals surface area (Å²) in [6.07, 6.45) is 7.86. The van der Waals surface area contributed by atoms with E-state index in [2.05, 4.69) is 17.0 Å². The van der Waals surface area contributed by atoms with Crippen molar-refractivity contribution in [2.75, 3.05) is 13.7 Å². The number of allylic oxidation sites excluding steroid dienone is 2. The molecule has 0 saturated carbocycles. The fourth-order valence-corrected chi connectivity index (χ4v) is 3.05. The molecule has 0 atom stereocenters. The van der Waals surface area contributed by atoms with Crippen LogP contribution < -0.4 is 27.2 Å². The van der Waals surface area contributed by atoms with E-state index >= 15 is 0 Å². The number of hydrogen-bond donors (Lipinski definition) is 3. The number of pyridine rings is 1. The molecule has 1 amide bonds. The van der Waals surface area contributed by atoms with Crippen LogP contribution in [0.4, 0.5) is 0 Å². The lowest BCUT2D eigenvalue weighted by Crippen LogP contribution is -2.46. The number of hydrogen-bond acceptors (Lipinski definition) is 5. The number of nitrogens with zero attached hydrogens (tertiary/aromatic N) is 2. The average Bonchev–Trinajstić information content (AvgIpc) is 2.75. The Morgan fingerprint density at radius 3 is 2.83 bits per heavy atom. The zero-order valence-electron chi connectivity index (χ0n) is 17.4. The van der Waals surface area contributed by atoms with Crippen molar-refractivity contribution < 1.29 is 9.90 Å². The largest absolute Gasteiger partial charge is 0.396 e. The van der Waals surface area contributed by atoms with Crippen molar-refractivity contribution in [2.24, 2.45) is 10.9 Å². The Kier molecular flexibility index (Phi) is 8.31. The zero-order chi connectivity index (χ0) is 22.1. The van der Waals surface area contributed by atoms with E-state index in [1.807, 2.05) is 19.1 Å². The molecule has 1 aromatic heterocycles. The van der Waals surface area contributed by atoms with Crippen molar-refractivity contribution in [3.8, 4) is 0 Å². The van der Waals surface area contributed by atoms with Crippen molar-refractivity contribution >= 4 is 24.8 Å². The lowest BCUT2D eigenvalue weighted by molar-refractivity contribution is 0.0963. The second-order valence-corrected chi connectivity index (χ2v) is 6.95. The molecule has 0 aliphatic carbocycles. The molecule has 1 heterocycles. The molecule has 0 radical (unpaired) electrons. The van der Waals surface area contributed by atoms with Crippen LogP contribution in [0.1, 0.15) is 34.8 Å². The quantitative estimate of drug-likeness (QED) is 0.331. The van der Waals surface area contributed by atoms with Crippen LogP contribution in [0.2, 0.25) is 0 Å². The minimum absolute atomic E-state index is 0.0475. The normalized spacial score (nSPS) is 12.5. The minimum atomic E-state index is -0.191. The molecule has 1 aromatic carbocycles. The summed E-state index contributed by atoms with van der Waals surface area (Å²) in [5.41, 5.74) is 2.94. The highest BCUT2D eigenvalue weighted by atomic mass is 16.3. The minimum Gasteiger partial charge on any atom is -0.396 e. The predicted octanol–water partition coefficient (Wildman–Crippen LogP) is 0.263. The molecule has 30 heavy (non-hydrogen) atoms. The van der Waals surface area contributed by atoms with Gasteiger partial charge in [-0.3, -0.25) is 9.59 Å². The molecule has 4 N–H and O–H groups in total. The summed E-state index contributed by atoms with van der Waals surface area (Å²) in [6, 6.07) is 7.13. The number of aliphatic hydroxyl groups excluding tert-OH is 1. The number of nitrogens with two attached hydrogens (primary N) is 1. The SMILES string of the molecule is C=c1c(CCO)cn(Cc2cccc(C(=O)NC)c2)c(=O)/c1=C/C=C(\C)C/C=N\N. The van der Waals surface area contributed by atoms with Gasteiger partial charge in [0.2, 0.25) is 0 Å². The van der Waals surface area contributed by atoms with E-state index in [-0.39, 0.29) is 18.1 Å². The summed E-state index contributed by atoms with van der Waals surface area (Å²) in [7, 11) is 1.57. The standard InChI is InChI=1S/C23H28N4O3/c1-16(9-11-26-24)7-8-21-17(2)20(10-12-28)15-27(23(21)30)14-18-5-4-6-19(13-18)22(29)25-3/h4-8,11,13,15,28H,2,9-10,12,14,24H2,1,3H3,(H,25,29)/b16-7+,21-8+,26-11-. The Morgan fingerprint density at radius 2 is 2.17 bits per heavy atom. The first-order valence-electron chi connectivity index (χ1n) is 9.63. The number of aliphatic hydroxyl groups is 1. The van der Waals surface area contributed by atoms with Gasteiger partial charge in [-0.05, 0) is 47.9 Å². The van der Waals surface area contributed by atoms with Crippen LogP contribution in [-0.4, -0.2) is 35.4 Å². The number of carbonyl (C=O) groups is 1. The molecule has 0 spiro atoms. The zero-order valence-corrected chi connectivity index (χ0v) is 17.4. The van der Waals surface area contributed by atoms with E-state index in [9.17, 15) is 14.7 Å². The molecule has 0 aliphatic rings. The monoisotopic (exact) mass is 408 g/mol. The Labute approximate surface area is 175 Å². The molecule has 2 rings (SSSR count). The lowest BCUT2D eigenvalue weighted by atomic mass is 10.1. The summed E-state index contributed by atoms with van der Waals surface area (Å²) in [5, 5.41) is 16.6. The van der Waals surface area contributed by atoms with Crippen molar-refractivity contribution in [3.63, 3.8) is 0 Å². The first-order chi connectivity index (χ1) is 14.4. The first kappa shape index (κ1) is 22.8. The maximum Gasteiger partial charge on any atom is 0.258 e. The molecule has 0 saturated heterocycles. The number of rotatable bonds is 8. The second-order valence-electron chi connectivity index (χ2n) is 6.95. The summed E-state index contributed by atoms with van der Waals surface area (Å²) in [4.78, 5) is 25.0. The smallest absolute Gasteiger partial charge is 0.258 e. The Morgan fingerprint density at radius 1 is 1.40 bits per heavy atom. The van der Waals surface area contributed by atoms with Gasteiger partial charge >= 0.3 is 0 Å². The van der Waals surface area contributed by atoms with Crippen molar-refractivity contribution in [3.05, 3.63) is 79.6 Å². The van der Waals surface area contributed by atoms with Gasteiger partial charge < -0.3 is 20.8 Å². The third-order valence-electron chi connectivity index (χ3n) is 4.72. The predicted molar refractivity (Wildman–Crippen MR) is 121 cm³/mol. The molecule has 0 aliphatic heterocycles. The fraction of sp³-hybridized carbons (Fsp3) is 0.261. The number of hydrazone groups is 1. The van der Waals surface area contributed by atoms with Gasteiger partial charge in [0.1, 0.15) is 0 Å². The third-order valence-corrected chi connectivity index (χ3v) is 4.72. The molecule has 0 unspecified atom stereocenters. The third kappa shape index (κ3) is 5.78. The first-order valence-corrected chi connectivity index (χ1v) is 9.63. The molecule has 0 bridgehead atoms. The highest BCUT2D eigenvalue weighted by molar-refractivity contribution is 5.94. The van der Waals surface area contributed by atoms with Gasteiger partial charge in [0.15, 0.2) is 0 Å². The number of carbonyl (C=O) groups excluding carboxylic acids is 1.